The van der Waals surface area contributed by atoms with Gasteiger partial charge in [-0.05, 0) is 77.0 Å². The number of carbonyl (C=O) groups excluding carboxylic acids is 3. The summed E-state index contributed by atoms with van der Waals surface area (Å²) >= 11 is 0. The SMILES string of the molecule is CC\C=C/C=C\C=C/C=C\CCCCCC(=O)OCC(COC(=O)CCCCCCCC/C=C\C/C=C\C/C=C\C/C=C\CC)OC(=O)CCCCCCCCCCCCCCCCCCCC. The highest BCUT2D eigenvalue weighted by Crippen LogP contribution is 2.16. The van der Waals surface area contributed by atoms with Crippen LogP contribution in [0.3, 0.4) is 0 Å². The van der Waals surface area contributed by atoms with Gasteiger partial charge in [0.1, 0.15) is 13.2 Å². The summed E-state index contributed by atoms with van der Waals surface area (Å²) in [5.41, 5.74) is 0. The van der Waals surface area contributed by atoms with Gasteiger partial charge in [0.2, 0.25) is 0 Å². The highest BCUT2D eigenvalue weighted by Gasteiger charge is 2.19. The summed E-state index contributed by atoms with van der Waals surface area (Å²) in [4.78, 5) is 38.1. The van der Waals surface area contributed by atoms with E-state index < -0.39 is 6.10 Å². The zero-order chi connectivity index (χ0) is 49.3. The molecule has 0 aromatic rings. The fraction of sp³-hybridized carbons (Fsp3) is 0.694. The molecule has 0 aliphatic carbocycles. The van der Waals surface area contributed by atoms with Crippen LogP contribution in [-0.2, 0) is 28.6 Å². The van der Waals surface area contributed by atoms with E-state index in [0.717, 1.165) is 109 Å². The van der Waals surface area contributed by atoms with Crippen molar-refractivity contribution in [2.45, 2.75) is 264 Å². The Labute approximate surface area is 419 Å². The number of carbonyl (C=O) groups is 3. The van der Waals surface area contributed by atoms with Gasteiger partial charge < -0.3 is 14.2 Å². The van der Waals surface area contributed by atoms with Gasteiger partial charge in [-0.1, -0.05) is 259 Å². The van der Waals surface area contributed by atoms with Gasteiger partial charge in [0.15, 0.2) is 6.10 Å². The molecule has 1 atom stereocenters. The Morgan fingerprint density at radius 3 is 1.09 bits per heavy atom. The predicted octanol–water partition coefficient (Wildman–Crippen LogP) is 18.9. The first-order valence-electron chi connectivity index (χ1n) is 28.3. The van der Waals surface area contributed by atoms with Crippen molar-refractivity contribution in [2.24, 2.45) is 0 Å². The second-order valence-corrected chi connectivity index (χ2v) is 18.5. The highest BCUT2D eigenvalue weighted by molar-refractivity contribution is 5.71. The number of unbranched alkanes of at least 4 members (excludes halogenated alkanes) is 26. The topological polar surface area (TPSA) is 78.9 Å². The number of hydrogen-bond donors (Lipinski definition) is 0. The van der Waals surface area contributed by atoms with E-state index in [4.69, 9.17) is 14.2 Å². The van der Waals surface area contributed by atoms with Crippen molar-refractivity contribution in [3.8, 4) is 0 Å². The van der Waals surface area contributed by atoms with Gasteiger partial charge in [-0.2, -0.15) is 0 Å². The van der Waals surface area contributed by atoms with Crippen LogP contribution in [0.5, 0.6) is 0 Å². The third-order valence-electron chi connectivity index (χ3n) is 11.9. The van der Waals surface area contributed by atoms with Crippen molar-refractivity contribution in [3.63, 3.8) is 0 Å². The van der Waals surface area contributed by atoms with Crippen LogP contribution in [0.25, 0.3) is 0 Å². The van der Waals surface area contributed by atoms with Gasteiger partial charge in [-0.25, -0.2) is 0 Å². The lowest BCUT2D eigenvalue weighted by Gasteiger charge is -2.18. The average molecular weight is 946 g/mol. The normalized spacial score (nSPS) is 12.8. The smallest absolute Gasteiger partial charge is 0.306 e. The highest BCUT2D eigenvalue weighted by atomic mass is 16.6. The summed E-state index contributed by atoms with van der Waals surface area (Å²) < 4.78 is 16.8. The summed E-state index contributed by atoms with van der Waals surface area (Å²) in [6.45, 7) is 6.35. The Balaban J connectivity index is 4.42. The number of allylic oxidation sites excluding steroid dienone is 16. The lowest BCUT2D eigenvalue weighted by Crippen LogP contribution is -2.30. The molecule has 0 aromatic carbocycles. The molecule has 388 valence electrons. The third kappa shape index (κ3) is 53.3. The van der Waals surface area contributed by atoms with Crippen LogP contribution in [0.15, 0.2) is 97.2 Å². The minimum absolute atomic E-state index is 0.0969. The first-order valence-corrected chi connectivity index (χ1v) is 28.3. The zero-order valence-electron chi connectivity index (χ0n) is 44.3. The molecule has 0 rings (SSSR count). The largest absolute Gasteiger partial charge is 0.462 e. The molecule has 0 saturated heterocycles. The lowest BCUT2D eigenvalue weighted by molar-refractivity contribution is -0.167. The average Bonchev–Trinajstić information content (AvgIpc) is 3.34. The van der Waals surface area contributed by atoms with Crippen LogP contribution >= 0.6 is 0 Å². The fourth-order valence-electron chi connectivity index (χ4n) is 7.74. The molecule has 6 heteroatoms. The molecule has 0 saturated carbocycles. The minimum atomic E-state index is -0.799. The van der Waals surface area contributed by atoms with E-state index in [-0.39, 0.29) is 31.1 Å². The molecule has 0 fully saturated rings. The zero-order valence-corrected chi connectivity index (χ0v) is 44.3. The van der Waals surface area contributed by atoms with Crippen molar-refractivity contribution in [3.05, 3.63) is 97.2 Å². The van der Waals surface area contributed by atoms with Crippen LogP contribution in [0.4, 0.5) is 0 Å². The van der Waals surface area contributed by atoms with E-state index in [9.17, 15) is 14.4 Å². The predicted molar refractivity (Wildman–Crippen MR) is 293 cm³/mol. The monoisotopic (exact) mass is 945 g/mol. The summed E-state index contributed by atoms with van der Waals surface area (Å²) in [5, 5.41) is 0. The van der Waals surface area contributed by atoms with Crippen molar-refractivity contribution in [2.75, 3.05) is 13.2 Å². The van der Waals surface area contributed by atoms with Gasteiger partial charge in [-0.3, -0.25) is 14.4 Å². The van der Waals surface area contributed by atoms with Crippen molar-refractivity contribution < 1.29 is 28.6 Å². The molecule has 0 amide bonds. The van der Waals surface area contributed by atoms with Gasteiger partial charge in [0, 0.05) is 19.3 Å². The summed E-state index contributed by atoms with van der Waals surface area (Å²) in [7, 11) is 0. The Hall–Kier alpha value is -3.67. The Morgan fingerprint density at radius 1 is 0.324 bits per heavy atom. The Kier molecular flexibility index (Phi) is 52.9. The van der Waals surface area contributed by atoms with Gasteiger partial charge in [0.05, 0.1) is 0 Å². The van der Waals surface area contributed by atoms with E-state index in [0.29, 0.717) is 19.3 Å². The number of ether oxygens (including phenoxy) is 3. The van der Waals surface area contributed by atoms with E-state index in [1.165, 1.54) is 109 Å². The maximum absolute atomic E-state index is 12.9. The van der Waals surface area contributed by atoms with Gasteiger partial charge in [-0.15, -0.1) is 0 Å². The maximum Gasteiger partial charge on any atom is 0.306 e. The lowest BCUT2D eigenvalue weighted by atomic mass is 10.0. The second kappa shape index (κ2) is 55.9. The number of esters is 3. The van der Waals surface area contributed by atoms with Crippen molar-refractivity contribution in [1.82, 2.24) is 0 Å². The molecule has 0 N–H and O–H groups in total. The second-order valence-electron chi connectivity index (χ2n) is 18.5. The van der Waals surface area contributed by atoms with Crippen molar-refractivity contribution >= 4 is 17.9 Å². The molecule has 68 heavy (non-hydrogen) atoms. The summed E-state index contributed by atoms with van der Waals surface area (Å²) in [6.07, 6.45) is 74.0. The molecule has 0 aliphatic rings. The van der Waals surface area contributed by atoms with E-state index >= 15 is 0 Å². The van der Waals surface area contributed by atoms with Gasteiger partial charge >= 0.3 is 17.9 Å². The Bertz CT molecular complexity index is 1360. The molecular formula is C62H104O6. The van der Waals surface area contributed by atoms with Crippen LogP contribution in [0.1, 0.15) is 258 Å². The molecule has 6 nitrogen and oxygen atoms in total. The standard InChI is InChI=1S/C62H104O6/c1-4-7-10-13-16-19-22-25-27-29-31-33-34-37-40-43-46-49-52-55-61(64)67-58-59(57-66-60(63)54-51-48-45-42-39-36-24-21-18-15-12-9-6-3)68-62(65)56-53-50-47-44-41-38-35-32-30-28-26-23-20-17-14-11-8-5-2/h7,9-10,12,15-16,18-19,21,24-25,27,31,33,36,39,59H,4-6,8,11,13-14,17,20,22-23,26,28-30,32,34-35,37-38,40-58H2,1-3H3/b10-7-,12-9-,18-15-,19-16-,24-21-,27-25-,33-31-,39-36-. The van der Waals surface area contributed by atoms with Crippen LogP contribution in [0, 0.1) is 0 Å². The molecule has 0 radical (unpaired) electrons. The molecule has 0 aliphatic heterocycles. The van der Waals surface area contributed by atoms with Crippen molar-refractivity contribution in [1.29, 1.82) is 0 Å². The molecule has 0 heterocycles. The summed E-state index contributed by atoms with van der Waals surface area (Å²) in [5.74, 6) is -0.945. The molecular weight excluding hydrogens is 841 g/mol. The fourth-order valence-corrected chi connectivity index (χ4v) is 7.74. The van der Waals surface area contributed by atoms with Crippen LogP contribution < -0.4 is 0 Å². The van der Waals surface area contributed by atoms with E-state index in [1.807, 2.05) is 30.4 Å². The first-order chi connectivity index (χ1) is 33.5. The Morgan fingerprint density at radius 2 is 0.647 bits per heavy atom. The number of rotatable bonds is 50. The third-order valence-corrected chi connectivity index (χ3v) is 11.9. The molecule has 1 unspecified atom stereocenters. The first kappa shape index (κ1) is 64.3. The van der Waals surface area contributed by atoms with Gasteiger partial charge in [0.25, 0.3) is 0 Å². The number of hydrogen-bond acceptors (Lipinski definition) is 6. The maximum atomic E-state index is 12.9. The van der Waals surface area contributed by atoms with Crippen LogP contribution in [-0.4, -0.2) is 37.2 Å². The molecule has 0 aromatic heterocycles. The molecule has 0 bridgehead atoms. The van der Waals surface area contributed by atoms with Crippen LogP contribution in [0.2, 0.25) is 0 Å². The molecule has 0 spiro atoms. The van der Waals surface area contributed by atoms with E-state index in [1.54, 1.807) is 0 Å². The minimum Gasteiger partial charge on any atom is -0.462 e. The summed E-state index contributed by atoms with van der Waals surface area (Å²) in [6, 6.07) is 0. The quantitative estimate of drug-likeness (QED) is 0.0199. The van der Waals surface area contributed by atoms with E-state index in [2.05, 4.69) is 87.6 Å².